The summed E-state index contributed by atoms with van der Waals surface area (Å²) < 4.78 is 15.4. The van der Waals surface area contributed by atoms with Crippen molar-refractivity contribution in [2.45, 2.75) is 25.2 Å². The number of hydrogen-bond acceptors (Lipinski definition) is 7. The molecule has 6 rings (SSSR count). The molecule has 0 amide bonds. The van der Waals surface area contributed by atoms with E-state index in [1.807, 2.05) is 67.7 Å². The second-order valence-corrected chi connectivity index (χ2v) is 10.5. The van der Waals surface area contributed by atoms with Crippen LogP contribution in [0.25, 0.3) is 33.3 Å². The Hall–Kier alpha value is -4.63. The van der Waals surface area contributed by atoms with Crippen LogP contribution in [-0.2, 0) is 0 Å². The van der Waals surface area contributed by atoms with Gasteiger partial charge in [0.15, 0.2) is 0 Å². The van der Waals surface area contributed by atoms with Gasteiger partial charge in [-0.1, -0.05) is 11.4 Å². The molecule has 3 aromatic carbocycles. The first-order valence-electron chi connectivity index (χ1n) is 13.1. The van der Waals surface area contributed by atoms with E-state index in [2.05, 4.69) is 44.6 Å². The van der Waals surface area contributed by atoms with E-state index in [1.165, 1.54) is 0 Å². The highest BCUT2D eigenvalue weighted by Crippen LogP contribution is 2.32. The normalized spacial score (nSPS) is 11.2. The Labute approximate surface area is 236 Å². The van der Waals surface area contributed by atoms with E-state index < -0.39 is 0 Å². The number of fused-ring (bicyclic) bond motifs is 2. The van der Waals surface area contributed by atoms with Crippen molar-refractivity contribution in [1.29, 1.82) is 0 Å². The van der Waals surface area contributed by atoms with Crippen LogP contribution in [0.3, 0.4) is 0 Å². The summed E-state index contributed by atoms with van der Waals surface area (Å²) in [5, 5.41) is 8.04. The summed E-state index contributed by atoms with van der Waals surface area (Å²) in [4.78, 5) is 17.5. The van der Waals surface area contributed by atoms with Crippen LogP contribution in [-0.4, -0.2) is 26.5 Å². The molecule has 0 atom stereocenters. The lowest BCUT2D eigenvalue weighted by Crippen LogP contribution is -2.00. The molecule has 3 heterocycles. The van der Waals surface area contributed by atoms with Crippen molar-refractivity contribution in [3.8, 4) is 11.4 Å². The zero-order chi connectivity index (χ0) is 27.5. The van der Waals surface area contributed by atoms with Crippen LogP contribution in [0.2, 0.25) is 0 Å². The topological polar surface area (TPSA) is 81.8 Å². The number of pyridine rings is 2. The molecule has 9 heteroatoms. The van der Waals surface area contributed by atoms with Gasteiger partial charge in [0.2, 0.25) is 0 Å². The molecule has 6 aromatic rings. The number of hydrogen-bond donors (Lipinski definition) is 3. The predicted molar refractivity (Wildman–Crippen MR) is 164 cm³/mol. The molecule has 0 aliphatic rings. The van der Waals surface area contributed by atoms with Crippen molar-refractivity contribution in [2.75, 3.05) is 21.7 Å². The van der Waals surface area contributed by atoms with Gasteiger partial charge in [-0.2, -0.15) is 0 Å². The summed E-state index contributed by atoms with van der Waals surface area (Å²) in [6, 6.07) is 25.4. The maximum atomic E-state index is 14.7. The molecule has 0 aliphatic heterocycles. The van der Waals surface area contributed by atoms with Crippen molar-refractivity contribution >= 4 is 56.6 Å². The first-order chi connectivity index (χ1) is 19.6. The fraction of sp³-hybridized carbons (Fsp3) is 0.129. The molecule has 0 saturated carbocycles. The highest BCUT2D eigenvalue weighted by atomic mass is 32.2. The molecule has 40 heavy (non-hydrogen) atoms. The van der Waals surface area contributed by atoms with E-state index in [-0.39, 0.29) is 0 Å². The lowest BCUT2D eigenvalue weighted by atomic mass is 10.1. The summed E-state index contributed by atoms with van der Waals surface area (Å²) in [5.74, 6) is 0.756. The highest BCUT2D eigenvalue weighted by molar-refractivity contribution is 8.00. The summed E-state index contributed by atoms with van der Waals surface area (Å²) in [7, 11) is 0. The summed E-state index contributed by atoms with van der Waals surface area (Å²) in [6.07, 6.45) is 4.48. The first-order valence-corrected chi connectivity index (χ1v) is 13.9. The molecular formula is C31H28FN7S. The van der Waals surface area contributed by atoms with Crippen LogP contribution in [0, 0.1) is 6.92 Å². The van der Waals surface area contributed by atoms with Gasteiger partial charge < -0.3 is 15.6 Å². The quantitative estimate of drug-likeness (QED) is 0.123. The smallest absolute Gasteiger partial charge is 0.138 e. The van der Waals surface area contributed by atoms with Gasteiger partial charge in [0, 0.05) is 69.5 Å². The Kier molecular flexibility index (Phi) is 7.20. The average Bonchev–Trinajstić information content (AvgIpc) is 3.40. The van der Waals surface area contributed by atoms with Gasteiger partial charge in [-0.15, -0.1) is 4.53 Å². The molecule has 0 spiro atoms. The number of benzene rings is 3. The van der Waals surface area contributed by atoms with Gasteiger partial charge in [-0.3, -0.25) is 9.97 Å². The predicted octanol–water partition coefficient (Wildman–Crippen LogP) is 8.45. The molecule has 0 saturated heterocycles. The van der Waals surface area contributed by atoms with Crippen LogP contribution < -0.4 is 15.2 Å². The maximum absolute atomic E-state index is 14.7. The number of anilines is 4. The van der Waals surface area contributed by atoms with Crippen molar-refractivity contribution < 1.29 is 4.48 Å². The Morgan fingerprint density at radius 2 is 1.70 bits per heavy atom. The lowest BCUT2D eigenvalue weighted by molar-refractivity contribution is 0.547. The van der Waals surface area contributed by atoms with Gasteiger partial charge in [-0.05, 0) is 92.2 Å². The standard InChI is InChI=1S/C31H28FN7S/c1-3-14-34-23-8-10-27-26(18-23)28(13-16-35-27)36-22-6-4-21(5-7-22)31-37-29-11-9-25(19-30(29)38-31)40-39(32)24-12-15-33-20(2)17-24/h4-13,15-19,34H,3,14H2,1-2H3,(H,35,36)(H,37,38). The average molecular weight is 550 g/mol. The van der Waals surface area contributed by atoms with Gasteiger partial charge in [-0.25, -0.2) is 4.98 Å². The molecule has 0 fully saturated rings. The van der Waals surface area contributed by atoms with E-state index >= 15 is 0 Å². The third kappa shape index (κ3) is 5.55. The van der Waals surface area contributed by atoms with Crippen molar-refractivity contribution in [2.24, 2.45) is 0 Å². The minimum atomic E-state index is 0.447. The molecule has 0 unspecified atom stereocenters. The molecular weight excluding hydrogens is 521 g/mol. The zero-order valence-corrected chi connectivity index (χ0v) is 23.0. The van der Waals surface area contributed by atoms with Crippen LogP contribution >= 0.6 is 11.9 Å². The van der Waals surface area contributed by atoms with E-state index in [1.54, 1.807) is 18.3 Å². The number of H-pyrrole nitrogens is 1. The summed E-state index contributed by atoms with van der Waals surface area (Å²) in [5.41, 5.74) is 7.82. The Bertz CT molecular complexity index is 1790. The number of aromatic nitrogens is 4. The maximum Gasteiger partial charge on any atom is 0.138 e. The number of nitrogens with one attached hydrogen (secondary N) is 3. The monoisotopic (exact) mass is 549 g/mol. The van der Waals surface area contributed by atoms with Crippen molar-refractivity contribution in [3.63, 3.8) is 0 Å². The van der Waals surface area contributed by atoms with Gasteiger partial charge >= 0.3 is 0 Å². The third-order valence-corrected chi connectivity index (χ3v) is 7.32. The SMILES string of the molecule is CCCNc1ccc2nccc(Nc3ccc(-c4nc5cc(SN(F)c6ccnc(C)c6)ccc5[nH]4)cc3)c2c1. The Morgan fingerprint density at radius 3 is 2.52 bits per heavy atom. The summed E-state index contributed by atoms with van der Waals surface area (Å²) in [6.45, 7) is 4.92. The van der Waals surface area contributed by atoms with Gasteiger partial charge in [0.05, 0.1) is 22.2 Å². The van der Waals surface area contributed by atoms with E-state index in [4.69, 9.17) is 4.98 Å². The fourth-order valence-electron chi connectivity index (χ4n) is 4.47. The van der Waals surface area contributed by atoms with E-state index in [9.17, 15) is 4.48 Å². The van der Waals surface area contributed by atoms with E-state index in [0.29, 0.717) is 10.2 Å². The van der Waals surface area contributed by atoms with Crippen LogP contribution in [0.4, 0.5) is 27.2 Å². The second-order valence-electron chi connectivity index (χ2n) is 9.48. The first kappa shape index (κ1) is 25.6. The number of aromatic amines is 1. The number of rotatable bonds is 9. The van der Waals surface area contributed by atoms with E-state index in [0.717, 1.165) is 85.9 Å². The van der Waals surface area contributed by atoms with Crippen LogP contribution in [0.5, 0.6) is 0 Å². The second kappa shape index (κ2) is 11.2. The van der Waals surface area contributed by atoms with Gasteiger partial charge in [0.1, 0.15) is 5.82 Å². The molecule has 3 N–H and O–H groups in total. The number of aryl methyl sites for hydroxylation is 1. The molecule has 200 valence electrons. The number of imidazole rings is 1. The number of nitrogens with zero attached hydrogens (tertiary/aromatic N) is 4. The molecule has 7 nitrogen and oxygen atoms in total. The van der Waals surface area contributed by atoms with Crippen molar-refractivity contribution in [1.82, 2.24) is 19.9 Å². The lowest BCUT2D eigenvalue weighted by Gasteiger charge is -2.12. The highest BCUT2D eigenvalue weighted by Gasteiger charge is 2.12. The van der Waals surface area contributed by atoms with Crippen LogP contribution in [0.1, 0.15) is 19.0 Å². The number of halogens is 1. The Morgan fingerprint density at radius 1 is 0.875 bits per heavy atom. The minimum absolute atomic E-state index is 0.447. The Balaban J connectivity index is 1.19. The summed E-state index contributed by atoms with van der Waals surface area (Å²) >= 11 is 1.00. The minimum Gasteiger partial charge on any atom is -0.385 e. The fourth-order valence-corrected chi connectivity index (χ4v) is 5.16. The molecule has 0 radical (unpaired) electrons. The van der Waals surface area contributed by atoms with Crippen molar-refractivity contribution in [3.05, 3.63) is 97.0 Å². The molecule has 0 bridgehead atoms. The molecule has 0 aliphatic carbocycles. The zero-order valence-electron chi connectivity index (χ0n) is 22.1. The van der Waals surface area contributed by atoms with Gasteiger partial charge in [0.25, 0.3) is 0 Å². The third-order valence-electron chi connectivity index (χ3n) is 6.48. The van der Waals surface area contributed by atoms with Crippen LogP contribution in [0.15, 0.2) is 96.2 Å². The molecule has 3 aromatic heterocycles. The largest absolute Gasteiger partial charge is 0.385 e.